The van der Waals surface area contributed by atoms with Crippen molar-refractivity contribution in [3.05, 3.63) is 56.3 Å². The molecule has 0 atom stereocenters. The molecular formula is C18H19ClN4OS. The number of thiazole rings is 1. The molecule has 0 aliphatic heterocycles. The highest BCUT2D eigenvalue weighted by atomic mass is 35.5. The number of benzene rings is 1. The maximum absolute atomic E-state index is 12.7. The number of hydrogen-bond donors (Lipinski definition) is 1. The highest BCUT2D eigenvalue weighted by molar-refractivity contribution is 7.16. The quantitative estimate of drug-likeness (QED) is 0.717. The van der Waals surface area contributed by atoms with E-state index in [2.05, 4.69) is 15.4 Å². The molecule has 3 rings (SSSR count). The van der Waals surface area contributed by atoms with E-state index in [9.17, 15) is 4.79 Å². The molecule has 0 fully saturated rings. The third kappa shape index (κ3) is 3.19. The van der Waals surface area contributed by atoms with Gasteiger partial charge in [-0.1, -0.05) is 41.1 Å². The lowest BCUT2D eigenvalue weighted by Gasteiger charge is -2.10. The fourth-order valence-electron chi connectivity index (χ4n) is 2.68. The monoisotopic (exact) mass is 374 g/mol. The van der Waals surface area contributed by atoms with Crippen LogP contribution in [0.4, 0.5) is 5.69 Å². The molecule has 0 aliphatic carbocycles. The van der Waals surface area contributed by atoms with Gasteiger partial charge < -0.3 is 5.32 Å². The van der Waals surface area contributed by atoms with Gasteiger partial charge in [0, 0.05) is 5.69 Å². The van der Waals surface area contributed by atoms with Crippen molar-refractivity contribution in [2.45, 2.75) is 34.6 Å². The van der Waals surface area contributed by atoms with Crippen LogP contribution >= 0.6 is 22.9 Å². The zero-order valence-corrected chi connectivity index (χ0v) is 16.3. The number of halogens is 1. The minimum Gasteiger partial charge on any atom is -0.321 e. The summed E-state index contributed by atoms with van der Waals surface area (Å²) in [6.07, 6.45) is 0. The standard InChI is InChI=1S/C18H19ClN4OS/c1-9-7-6-8-10(2)15(9)21-17(24)16-12(4)20-18(25-16)23-13(5)14(19)11(3)22-23/h6-8H,1-5H3,(H,21,24). The summed E-state index contributed by atoms with van der Waals surface area (Å²) in [6, 6.07) is 5.93. The van der Waals surface area contributed by atoms with Crippen LogP contribution in [0.25, 0.3) is 5.13 Å². The average molecular weight is 375 g/mol. The Labute approximate surface area is 155 Å². The Kier molecular flexibility index (Phi) is 4.67. The maximum atomic E-state index is 12.7. The first-order valence-electron chi connectivity index (χ1n) is 7.86. The smallest absolute Gasteiger partial charge is 0.267 e. The van der Waals surface area contributed by atoms with Crippen molar-refractivity contribution in [2.24, 2.45) is 0 Å². The minimum absolute atomic E-state index is 0.161. The average Bonchev–Trinajstić information content (AvgIpc) is 3.06. The van der Waals surface area contributed by atoms with E-state index in [1.165, 1.54) is 11.3 Å². The predicted octanol–water partition coefficient (Wildman–Crippen LogP) is 4.78. The molecule has 2 heterocycles. The highest BCUT2D eigenvalue weighted by Gasteiger charge is 2.20. The summed E-state index contributed by atoms with van der Waals surface area (Å²) in [7, 11) is 0. The SMILES string of the molecule is Cc1cccc(C)c1NC(=O)c1sc(-n2nc(C)c(Cl)c2C)nc1C. The van der Waals surface area contributed by atoms with Crippen molar-refractivity contribution < 1.29 is 4.79 Å². The van der Waals surface area contributed by atoms with Crippen LogP contribution < -0.4 is 5.32 Å². The van der Waals surface area contributed by atoms with Gasteiger partial charge in [0.2, 0.25) is 5.13 Å². The second-order valence-electron chi connectivity index (χ2n) is 6.03. The second kappa shape index (κ2) is 6.61. The van der Waals surface area contributed by atoms with Gasteiger partial charge in [0.25, 0.3) is 5.91 Å². The van der Waals surface area contributed by atoms with E-state index in [-0.39, 0.29) is 5.91 Å². The van der Waals surface area contributed by atoms with E-state index < -0.39 is 0 Å². The van der Waals surface area contributed by atoms with Crippen LogP contribution in [0.5, 0.6) is 0 Å². The van der Waals surface area contributed by atoms with Crippen molar-refractivity contribution >= 4 is 34.5 Å². The van der Waals surface area contributed by atoms with E-state index in [1.54, 1.807) is 4.68 Å². The first kappa shape index (κ1) is 17.6. The normalized spacial score (nSPS) is 11.0. The molecule has 0 saturated carbocycles. The minimum atomic E-state index is -0.161. The van der Waals surface area contributed by atoms with Gasteiger partial charge in [-0.3, -0.25) is 4.79 Å². The van der Waals surface area contributed by atoms with Crippen LogP contribution in [0.1, 0.15) is 37.9 Å². The summed E-state index contributed by atoms with van der Waals surface area (Å²) >= 11 is 7.52. The molecule has 0 aliphatic rings. The number of para-hydroxylation sites is 1. The summed E-state index contributed by atoms with van der Waals surface area (Å²) < 4.78 is 1.69. The summed E-state index contributed by atoms with van der Waals surface area (Å²) in [5, 5.41) is 8.67. The van der Waals surface area contributed by atoms with Crippen LogP contribution in [0.3, 0.4) is 0 Å². The summed E-state index contributed by atoms with van der Waals surface area (Å²) in [5.41, 5.74) is 5.13. The zero-order chi connectivity index (χ0) is 18.3. The fraction of sp³-hybridized carbons (Fsp3) is 0.278. The number of carbonyl (C=O) groups excluding carboxylic acids is 1. The van der Waals surface area contributed by atoms with Crippen LogP contribution in [-0.2, 0) is 0 Å². The summed E-state index contributed by atoms with van der Waals surface area (Å²) in [5.74, 6) is -0.161. The third-order valence-electron chi connectivity index (χ3n) is 4.10. The summed E-state index contributed by atoms with van der Waals surface area (Å²) in [6.45, 7) is 9.51. The Bertz CT molecular complexity index is 954. The van der Waals surface area contributed by atoms with Gasteiger partial charge in [0.1, 0.15) is 4.88 Å². The Balaban J connectivity index is 1.95. The Hall–Kier alpha value is -2.18. The lowest BCUT2D eigenvalue weighted by Crippen LogP contribution is -2.13. The zero-order valence-electron chi connectivity index (χ0n) is 14.8. The molecule has 5 nitrogen and oxygen atoms in total. The number of anilines is 1. The predicted molar refractivity (Wildman–Crippen MR) is 102 cm³/mol. The van der Waals surface area contributed by atoms with Crippen molar-refractivity contribution in [3.8, 4) is 5.13 Å². The van der Waals surface area contributed by atoms with Crippen molar-refractivity contribution in [3.63, 3.8) is 0 Å². The Morgan fingerprint density at radius 1 is 1.12 bits per heavy atom. The molecule has 1 amide bonds. The van der Waals surface area contributed by atoms with Crippen LogP contribution in [0, 0.1) is 34.6 Å². The molecule has 0 unspecified atom stereocenters. The van der Waals surface area contributed by atoms with Gasteiger partial charge in [-0.25, -0.2) is 9.67 Å². The van der Waals surface area contributed by atoms with Gasteiger partial charge >= 0.3 is 0 Å². The first-order chi connectivity index (χ1) is 11.8. The van der Waals surface area contributed by atoms with E-state index in [0.29, 0.717) is 20.7 Å². The van der Waals surface area contributed by atoms with Crippen molar-refractivity contribution in [1.82, 2.24) is 14.8 Å². The van der Waals surface area contributed by atoms with Crippen LogP contribution in [0.2, 0.25) is 5.02 Å². The van der Waals surface area contributed by atoms with E-state index in [1.807, 2.05) is 52.8 Å². The van der Waals surface area contributed by atoms with Gasteiger partial charge in [0.05, 0.1) is 22.1 Å². The number of nitrogens with zero attached hydrogens (tertiary/aromatic N) is 3. The largest absolute Gasteiger partial charge is 0.321 e. The molecule has 130 valence electrons. The number of carbonyl (C=O) groups is 1. The number of aromatic nitrogens is 3. The van der Waals surface area contributed by atoms with E-state index in [4.69, 9.17) is 11.6 Å². The number of rotatable bonds is 3. The number of aryl methyl sites for hydroxylation is 4. The molecule has 0 radical (unpaired) electrons. The van der Waals surface area contributed by atoms with Crippen molar-refractivity contribution in [1.29, 1.82) is 0 Å². The molecule has 3 aromatic rings. The Morgan fingerprint density at radius 2 is 1.76 bits per heavy atom. The molecule has 1 aromatic carbocycles. The lowest BCUT2D eigenvalue weighted by atomic mass is 10.1. The number of nitrogens with one attached hydrogen (secondary N) is 1. The topological polar surface area (TPSA) is 59.8 Å². The van der Waals surface area contributed by atoms with Crippen LogP contribution in [-0.4, -0.2) is 20.7 Å². The van der Waals surface area contributed by atoms with Gasteiger partial charge in [-0.2, -0.15) is 5.10 Å². The summed E-state index contributed by atoms with van der Waals surface area (Å²) in [4.78, 5) is 17.8. The molecular weight excluding hydrogens is 356 g/mol. The first-order valence-corrected chi connectivity index (χ1v) is 9.06. The molecule has 2 aromatic heterocycles. The second-order valence-corrected chi connectivity index (χ2v) is 7.38. The fourth-order valence-corrected chi connectivity index (χ4v) is 3.76. The highest BCUT2D eigenvalue weighted by Crippen LogP contribution is 2.28. The van der Waals surface area contributed by atoms with E-state index >= 15 is 0 Å². The van der Waals surface area contributed by atoms with Crippen molar-refractivity contribution in [2.75, 3.05) is 5.32 Å². The molecule has 0 saturated heterocycles. The lowest BCUT2D eigenvalue weighted by molar-refractivity contribution is 0.102. The molecule has 25 heavy (non-hydrogen) atoms. The molecule has 7 heteroatoms. The van der Waals surface area contributed by atoms with Gasteiger partial charge in [0.15, 0.2) is 0 Å². The number of amides is 1. The molecule has 0 spiro atoms. The van der Waals surface area contributed by atoms with E-state index in [0.717, 1.165) is 28.2 Å². The molecule has 1 N–H and O–H groups in total. The third-order valence-corrected chi connectivity index (χ3v) is 5.77. The van der Waals surface area contributed by atoms with Gasteiger partial charge in [-0.15, -0.1) is 0 Å². The Morgan fingerprint density at radius 3 is 2.32 bits per heavy atom. The molecule has 0 bridgehead atoms. The number of hydrogen-bond acceptors (Lipinski definition) is 4. The maximum Gasteiger partial charge on any atom is 0.267 e. The van der Waals surface area contributed by atoms with Gasteiger partial charge in [-0.05, 0) is 45.7 Å². The van der Waals surface area contributed by atoms with Crippen LogP contribution in [0.15, 0.2) is 18.2 Å².